The van der Waals surface area contributed by atoms with E-state index < -0.39 is 0 Å². The summed E-state index contributed by atoms with van der Waals surface area (Å²) >= 11 is 0. The highest BCUT2D eigenvalue weighted by atomic mass is 16.1. The highest BCUT2D eigenvalue weighted by molar-refractivity contribution is 5.94. The SMILES string of the molecule is CCc1nc2ncc(C)cn2c1C(=O)NCc1ccc(-c2nc3n(n2)CCCC3)cc1. The van der Waals surface area contributed by atoms with Gasteiger partial charge in [0.25, 0.3) is 5.91 Å². The number of hydrogen-bond acceptors (Lipinski definition) is 5. The molecule has 0 unspecified atom stereocenters. The number of imidazole rings is 1. The van der Waals surface area contributed by atoms with Crippen molar-refractivity contribution in [2.45, 2.75) is 52.6 Å². The number of nitrogens with zero attached hydrogens (tertiary/aromatic N) is 6. The van der Waals surface area contributed by atoms with E-state index in [2.05, 4.69) is 25.4 Å². The summed E-state index contributed by atoms with van der Waals surface area (Å²) in [6, 6.07) is 8.05. The quantitative estimate of drug-likeness (QED) is 0.541. The van der Waals surface area contributed by atoms with E-state index in [0.29, 0.717) is 24.4 Å². The average Bonchev–Trinajstić information content (AvgIpc) is 3.39. The summed E-state index contributed by atoms with van der Waals surface area (Å²) < 4.78 is 3.80. The van der Waals surface area contributed by atoms with Crippen LogP contribution in [0.4, 0.5) is 0 Å². The van der Waals surface area contributed by atoms with Crippen LogP contribution in [0, 0.1) is 6.92 Å². The highest BCUT2D eigenvalue weighted by Crippen LogP contribution is 2.20. The second-order valence-corrected chi connectivity index (χ2v) is 7.97. The molecule has 0 saturated carbocycles. The van der Waals surface area contributed by atoms with Crippen LogP contribution in [0.15, 0.2) is 36.7 Å². The van der Waals surface area contributed by atoms with Gasteiger partial charge in [-0.25, -0.2) is 19.6 Å². The molecule has 0 fully saturated rings. The van der Waals surface area contributed by atoms with Crippen LogP contribution in [-0.4, -0.2) is 35.0 Å². The van der Waals surface area contributed by atoms with Crippen molar-refractivity contribution in [3.63, 3.8) is 0 Å². The zero-order valence-corrected chi connectivity index (χ0v) is 17.8. The van der Waals surface area contributed by atoms with Crippen LogP contribution in [0.3, 0.4) is 0 Å². The maximum Gasteiger partial charge on any atom is 0.270 e. The molecule has 1 aliphatic rings. The second-order valence-electron chi connectivity index (χ2n) is 7.97. The third-order valence-electron chi connectivity index (χ3n) is 5.66. The van der Waals surface area contributed by atoms with Crippen molar-refractivity contribution in [3.05, 3.63) is 65.0 Å². The van der Waals surface area contributed by atoms with Crippen LogP contribution < -0.4 is 5.32 Å². The third kappa shape index (κ3) is 3.69. The normalized spacial score (nSPS) is 13.4. The number of carbonyl (C=O) groups is 1. The lowest BCUT2D eigenvalue weighted by molar-refractivity contribution is 0.0944. The van der Waals surface area contributed by atoms with Crippen molar-refractivity contribution in [2.24, 2.45) is 0 Å². The number of nitrogens with one attached hydrogen (secondary N) is 1. The zero-order chi connectivity index (χ0) is 21.4. The second kappa shape index (κ2) is 7.94. The van der Waals surface area contributed by atoms with Crippen molar-refractivity contribution in [1.82, 2.24) is 34.4 Å². The Morgan fingerprint density at radius 3 is 2.77 bits per heavy atom. The summed E-state index contributed by atoms with van der Waals surface area (Å²) in [5.74, 6) is 2.24. The predicted molar refractivity (Wildman–Crippen MR) is 117 cm³/mol. The molecule has 3 aromatic heterocycles. The van der Waals surface area contributed by atoms with Crippen molar-refractivity contribution < 1.29 is 4.79 Å². The first-order chi connectivity index (χ1) is 15.1. The molecule has 31 heavy (non-hydrogen) atoms. The molecule has 8 nitrogen and oxygen atoms in total. The summed E-state index contributed by atoms with van der Waals surface area (Å²) in [6.07, 6.45) is 7.66. The molecule has 1 amide bonds. The number of fused-ring (bicyclic) bond motifs is 2. The summed E-state index contributed by atoms with van der Waals surface area (Å²) in [6.45, 7) is 5.32. The molecule has 1 aromatic carbocycles. The molecule has 0 spiro atoms. The molecule has 0 atom stereocenters. The number of amides is 1. The van der Waals surface area contributed by atoms with Crippen LogP contribution in [0.5, 0.6) is 0 Å². The molecule has 1 aliphatic heterocycles. The third-order valence-corrected chi connectivity index (χ3v) is 5.66. The first-order valence-corrected chi connectivity index (χ1v) is 10.8. The summed E-state index contributed by atoms with van der Waals surface area (Å²) in [7, 11) is 0. The number of hydrogen-bond donors (Lipinski definition) is 1. The maximum absolute atomic E-state index is 13.0. The van der Waals surface area contributed by atoms with E-state index in [1.54, 1.807) is 10.6 Å². The Kier molecular flexibility index (Phi) is 4.97. The smallest absolute Gasteiger partial charge is 0.270 e. The minimum atomic E-state index is -0.149. The van der Waals surface area contributed by atoms with Crippen LogP contribution >= 0.6 is 0 Å². The van der Waals surface area contributed by atoms with Crippen molar-refractivity contribution in [2.75, 3.05) is 0 Å². The molecule has 0 bridgehead atoms. The predicted octanol–water partition coefficient (Wildman–Crippen LogP) is 3.12. The van der Waals surface area contributed by atoms with E-state index in [1.165, 1.54) is 6.42 Å². The number of rotatable bonds is 5. The van der Waals surface area contributed by atoms with Crippen LogP contribution in [0.1, 0.15) is 52.9 Å². The van der Waals surface area contributed by atoms with E-state index in [9.17, 15) is 4.79 Å². The van der Waals surface area contributed by atoms with Gasteiger partial charge in [-0.2, -0.15) is 5.10 Å². The van der Waals surface area contributed by atoms with Gasteiger partial charge in [0.1, 0.15) is 11.5 Å². The van der Waals surface area contributed by atoms with Gasteiger partial charge in [-0.3, -0.25) is 9.20 Å². The Balaban J connectivity index is 1.31. The molecule has 5 rings (SSSR count). The number of aromatic nitrogens is 6. The van der Waals surface area contributed by atoms with E-state index in [4.69, 9.17) is 0 Å². The van der Waals surface area contributed by atoms with Gasteiger partial charge in [0, 0.05) is 37.5 Å². The van der Waals surface area contributed by atoms with E-state index in [0.717, 1.165) is 53.4 Å². The van der Waals surface area contributed by atoms with Gasteiger partial charge in [0.05, 0.1) is 5.69 Å². The Morgan fingerprint density at radius 1 is 1.16 bits per heavy atom. The first-order valence-electron chi connectivity index (χ1n) is 10.8. The van der Waals surface area contributed by atoms with Crippen molar-refractivity contribution in [1.29, 1.82) is 0 Å². The number of aryl methyl sites for hydroxylation is 4. The van der Waals surface area contributed by atoms with Crippen LogP contribution in [0.2, 0.25) is 0 Å². The fourth-order valence-corrected chi connectivity index (χ4v) is 4.01. The molecule has 0 aliphatic carbocycles. The zero-order valence-electron chi connectivity index (χ0n) is 17.8. The van der Waals surface area contributed by atoms with Gasteiger partial charge in [0.15, 0.2) is 5.82 Å². The lowest BCUT2D eigenvalue weighted by atomic mass is 10.1. The van der Waals surface area contributed by atoms with Gasteiger partial charge < -0.3 is 5.32 Å². The molecular weight excluding hydrogens is 390 g/mol. The molecule has 8 heteroatoms. The molecule has 4 heterocycles. The topological polar surface area (TPSA) is 90.0 Å². The molecule has 0 radical (unpaired) electrons. The Morgan fingerprint density at radius 2 is 2.00 bits per heavy atom. The average molecular weight is 416 g/mol. The maximum atomic E-state index is 13.0. The van der Waals surface area contributed by atoms with Gasteiger partial charge in [0.2, 0.25) is 5.78 Å². The molecular formula is C23H25N7O. The van der Waals surface area contributed by atoms with E-state index >= 15 is 0 Å². The van der Waals surface area contributed by atoms with Crippen LogP contribution in [-0.2, 0) is 25.9 Å². The minimum absolute atomic E-state index is 0.149. The minimum Gasteiger partial charge on any atom is -0.347 e. The largest absolute Gasteiger partial charge is 0.347 e. The van der Waals surface area contributed by atoms with Crippen molar-refractivity contribution >= 4 is 11.7 Å². The molecule has 158 valence electrons. The van der Waals surface area contributed by atoms with Crippen LogP contribution in [0.25, 0.3) is 17.2 Å². The fraction of sp³-hybridized carbons (Fsp3) is 0.348. The Labute approximate surface area is 180 Å². The van der Waals surface area contributed by atoms with Gasteiger partial charge in [-0.05, 0) is 37.3 Å². The molecule has 4 aromatic rings. The standard InChI is InChI=1S/C23H25N7O/c1-3-18-20(29-14-15(2)12-25-23(29)26-18)22(31)24-13-16-7-9-17(10-8-16)21-27-19-6-4-5-11-30(19)28-21/h7-10,12,14H,3-6,11,13H2,1-2H3,(H,24,31). The molecule has 0 saturated heterocycles. The first kappa shape index (κ1) is 19.4. The summed E-state index contributed by atoms with van der Waals surface area (Å²) in [4.78, 5) is 26.5. The van der Waals surface area contributed by atoms with Gasteiger partial charge in [-0.1, -0.05) is 31.2 Å². The van der Waals surface area contributed by atoms with Crippen molar-refractivity contribution in [3.8, 4) is 11.4 Å². The molecule has 1 N–H and O–H groups in total. The van der Waals surface area contributed by atoms with Gasteiger partial charge >= 0.3 is 0 Å². The number of benzene rings is 1. The van der Waals surface area contributed by atoms with E-state index in [-0.39, 0.29) is 5.91 Å². The fourth-order valence-electron chi connectivity index (χ4n) is 4.01. The highest BCUT2D eigenvalue weighted by Gasteiger charge is 2.19. The monoisotopic (exact) mass is 415 g/mol. The lowest BCUT2D eigenvalue weighted by Crippen LogP contribution is -2.25. The van der Waals surface area contributed by atoms with E-state index in [1.807, 2.05) is 49.0 Å². The number of carbonyl (C=O) groups excluding carboxylic acids is 1. The van der Waals surface area contributed by atoms with Gasteiger partial charge in [-0.15, -0.1) is 0 Å². The summed E-state index contributed by atoms with van der Waals surface area (Å²) in [5.41, 5.74) is 4.29. The Bertz CT molecular complexity index is 1230. The summed E-state index contributed by atoms with van der Waals surface area (Å²) in [5, 5.41) is 7.66. The Hall–Kier alpha value is -3.55. The lowest BCUT2D eigenvalue weighted by Gasteiger charge is -2.09.